The number of anilines is 3. The SMILES string of the molecule is CC(=O)c1ccc(Nc2c(F)cc(F)cc2Cl)cc1N. The van der Waals surface area contributed by atoms with Crippen LogP contribution in [-0.2, 0) is 0 Å². The van der Waals surface area contributed by atoms with Crippen molar-refractivity contribution < 1.29 is 13.6 Å². The molecule has 6 heteroatoms. The fraction of sp³-hybridized carbons (Fsp3) is 0.0714. The molecule has 0 saturated carbocycles. The molecule has 0 aliphatic carbocycles. The number of hydrogen-bond acceptors (Lipinski definition) is 3. The lowest BCUT2D eigenvalue weighted by molar-refractivity contribution is 0.101. The van der Waals surface area contributed by atoms with Crippen molar-refractivity contribution in [3.05, 3.63) is 52.6 Å². The molecule has 0 fully saturated rings. The second-order valence-electron chi connectivity index (χ2n) is 4.23. The maximum Gasteiger partial charge on any atom is 0.161 e. The molecule has 0 aromatic heterocycles. The number of nitrogen functional groups attached to an aromatic ring is 1. The minimum Gasteiger partial charge on any atom is -0.398 e. The van der Waals surface area contributed by atoms with Crippen LogP contribution >= 0.6 is 11.6 Å². The topological polar surface area (TPSA) is 55.1 Å². The summed E-state index contributed by atoms with van der Waals surface area (Å²) in [5.41, 5.74) is 6.76. The van der Waals surface area contributed by atoms with Crippen LogP contribution in [-0.4, -0.2) is 5.78 Å². The first kappa shape index (κ1) is 14.3. The molecule has 2 aromatic rings. The molecule has 0 heterocycles. The Morgan fingerprint density at radius 3 is 2.50 bits per heavy atom. The standard InChI is InChI=1S/C14H11ClF2N2O/c1-7(20)10-3-2-9(6-13(10)18)19-14-11(15)4-8(16)5-12(14)17/h2-6,19H,18H2,1H3. The van der Waals surface area contributed by atoms with Gasteiger partial charge in [0.25, 0.3) is 0 Å². The molecule has 0 aliphatic heterocycles. The zero-order valence-electron chi connectivity index (χ0n) is 10.5. The van der Waals surface area contributed by atoms with Gasteiger partial charge in [-0.1, -0.05) is 11.6 Å². The van der Waals surface area contributed by atoms with Gasteiger partial charge in [0.1, 0.15) is 5.82 Å². The zero-order chi connectivity index (χ0) is 14.9. The molecule has 0 spiro atoms. The third kappa shape index (κ3) is 2.88. The minimum atomic E-state index is -0.816. The number of halogens is 3. The van der Waals surface area contributed by atoms with Crippen LogP contribution in [0, 0.1) is 11.6 Å². The van der Waals surface area contributed by atoms with Gasteiger partial charge in [-0.15, -0.1) is 0 Å². The quantitative estimate of drug-likeness (QED) is 0.661. The van der Waals surface area contributed by atoms with Crippen molar-refractivity contribution in [3.8, 4) is 0 Å². The summed E-state index contributed by atoms with van der Waals surface area (Å²) in [6.07, 6.45) is 0. The lowest BCUT2D eigenvalue weighted by atomic mass is 10.1. The van der Waals surface area contributed by atoms with Gasteiger partial charge in [-0.2, -0.15) is 0 Å². The smallest absolute Gasteiger partial charge is 0.161 e. The Morgan fingerprint density at radius 1 is 1.25 bits per heavy atom. The van der Waals surface area contributed by atoms with Gasteiger partial charge in [-0.05, 0) is 31.2 Å². The summed E-state index contributed by atoms with van der Waals surface area (Å²) in [4.78, 5) is 11.3. The Bertz CT molecular complexity index is 666. The van der Waals surface area contributed by atoms with Crippen molar-refractivity contribution in [2.24, 2.45) is 0 Å². The van der Waals surface area contributed by atoms with Crippen LogP contribution in [0.5, 0.6) is 0 Å². The average molecular weight is 297 g/mol. The van der Waals surface area contributed by atoms with Crippen molar-refractivity contribution in [3.63, 3.8) is 0 Å². The summed E-state index contributed by atoms with van der Waals surface area (Å²) in [7, 11) is 0. The van der Waals surface area contributed by atoms with Gasteiger partial charge in [-0.3, -0.25) is 4.79 Å². The highest BCUT2D eigenvalue weighted by molar-refractivity contribution is 6.33. The molecule has 0 saturated heterocycles. The van der Waals surface area contributed by atoms with E-state index in [4.69, 9.17) is 17.3 Å². The number of carbonyl (C=O) groups is 1. The van der Waals surface area contributed by atoms with E-state index in [2.05, 4.69) is 5.32 Å². The normalized spacial score (nSPS) is 10.4. The number of benzene rings is 2. The Hall–Kier alpha value is -2.14. The molecule has 3 N–H and O–H groups in total. The molecule has 0 bridgehead atoms. The largest absolute Gasteiger partial charge is 0.398 e. The van der Waals surface area contributed by atoms with E-state index >= 15 is 0 Å². The van der Waals surface area contributed by atoms with Crippen LogP contribution in [0.2, 0.25) is 5.02 Å². The molecule has 2 rings (SSSR count). The number of hydrogen-bond donors (Lipinski definition) is 2. The van der Waals surface area contributed by atoms with Crippen LogP contribution in [0.3, 0.4) is 0 Å². The highest BCUT2D eigenvalue weighted by atomic mass is 35.5. The van der Waals surface area contributed by atoms with E-state index < -0.39 is 11.6 Å². The minimum absolute atomic E-state index is 0.0527. The van der Waals surface area contributed by atoms with E-state index in [-0.39, 0.29) is 22.2 Å². The lowest BCUT2D eigenvalue weighted by Crippen LogP contribution is -2.02. The highest BCUT2D eigenvalue weighted by Gasteiger charge is 2.11. The van der Waals surface area contributed by atoms with Crippen LogP contribution < -0.4 is 11.1 Å². The molecule has 104 valence electrons. The molecule has 0 radical (unpaired) electrons. The maximum absolute atomic E-state index is 13.6. The molecular formula is C14H11ClF2N2O. The molecule has 0 unspecified atom stereocenters. The van der Waals surface area contributed by atoms with E-state index in [9.17, 15) is 13.6 Å². The van der Waals surface area contributed by atoms with Gasteiger partial charge >= 0.3 is 0 Å². The zero-order valence-corrected chi connectivity index (χ0v) is 11.3. The van der Waals surface area contributed by atoms with Crippen LogP contribution in [0.25, 0.3) is 0 Å². The number of carbonyl (C=O) groups excluding carboxylic acids is 1. The second-order valence-corrected chi connectivity index (χ2v) is 4.63. The number of rotatable bonds is 3. The van der Waals surface area contributed by atoms with Crippen LogP contribution in [0.1, 0.15) is 17.3 Å². The fourth-order valence-electron chi connectivity index (χ4n) is 1.77. The summed E-state index contributed by atoms with van der Waals surface area (Å²) < 4.78 is 26.6. The molecule has 3 nitrogen and oxygen atoms in total. The van der Waals surface area contributed by atoms with E-state index in [0.717, 1.165) is 12.1 Å². The van der Waals surface area contributed by atoms with Crippen molar-refractivity contribution in [2.75, 3.05) is 11.1 Å². The molecule has 20 heavy (non-hydrogen) atoms. The maximum atomic E-state index is 13.6. The second kappa shape index (κ2) is 5.46. The Balaban J connectivity index is 2.36. The van der Waals surface area contributed by atoms with Crippen molar-refractivity contribution >= 4 is 34.4 Å². The Labute approximate surface area is 119 Å². The average Bonchev–Trinajstić information content (AvgIpc) is 2.33. The Kier molecular flexibility index (Phi) is 3.90. The first-order valence-electron chi connectivity index (χ1n) is 5.70. The van der Waals surface area contributed by atoms with Crippen LogP contribution in [0.15, 0.2) is 30.3 Å². The summed E-state index contributed by atoms with van der Waals surface area (Å²) in [6, 6.07) is 6.29. The molecular weight excluding hydrogens is 286 g/mol. The fourth-order valence-corrected chi connectivity index (χ4v) is 2.01. The van der Waals surface area contributed by atoms with Gasteiger partial charge in [0.2, 0.25) is 0 Å². The Morgan fingerprint density at radius 2 is 1.95 bits per heavy atom. The predicted octanol–water partition coefficient (Wildman–Crippen LogP) is 4.15. The monoisotopic (exact) mass is 296 g/mol. The molecule has 0 aliphatic rings. The van der Waals surface area contributed by atoms with E-state index in [0.29, 0.717) is 11.3 Å². The third-order valence-corrected chi connectivity index (χ3v) is 3.01. The first-order chi connectivity index (χ1) is 9.38. The highest BCUT2D eigenvalue weighted by Crippen LogP contribution is 2.30. The van der Waals surface area contributed by atoms with Gasteiger partial charge in [0, 0.05) is 23.0 Å². The molecule has 2 aromatic carbocycles. The molecule has 0 amide bonds. The van der Waals surface area contributed by atoms with E-state index in [1.165, 1.54) is 19.1 Å². The summed E-state index contributed by atoms with van der Waals surface area (Å²) in [6.45, 7) is 1.40. The first-order valence-corrected chi connectivity index (χ1v) is 6.08. The van der Waals surface area contributed by atoms with Gasteiger partial charge < -0.3 is 11.1 Å². The molecule has 0 atom stereocenters. The van der Waals surface area contributed by atoms with E-state index in [1.807, 2.05) is 0 Å². The third-order valence-electron chi connectivity index (χ3n) is 2.71. The lowest BCUT2D eigenvalue weighted by Gasteiger charge is -2.11. The van der Waals surface area contributed by atoms with E-state index in [1.54, 1.807) is 6.07 Å². The van der Waals surface area contributed by atoms with Gasteiger partial charge in [0.05, 0.1) is 10.7 Å². The van der Waals surface area contributed by atoms with Crippen LogP contribution in [0.4, 0.5) is 25.8 Å². The van der Waals surface area contributed by atoms with Gasteiger partial charge in [0.15, 0.2) is 11.6 Å². The number of Topliss-reactive ketones (excluding diaryl/α,β-unsaturated/α-hetero) is 1. The van der Waals surface area contributed by atoms with Crippen molar-refractivity contribution in [2.45, 2.75) is 6.92 Å². The summed E-state index contributed by atoms with van der Waals surface area (Å²) in [5, 5.41) is 2.62. The van der Waals surface area contributed by atoms with Crippen molar-refractivity contribution in [1.82, 2.24) is 0 Å². The number of nitrogens with one attached hydrogen (secondary N) is 1. The van der Waals surface area contributed by atoms with Crippen molar-refractivity contribution in [1.29, 1.82) is 0 Å². The number of ketones is 1. The van der Waals surface area contributed by atoms with Gasteiger partial charge in [-0.25, -0.2) is 8.78 Å². The predicted molar refractivity (Wildman–Crippen MR) is 75.5 cm³/mol. The number of nitrogens with two attached hydrogens (primary N) is 1. The summed E-state index contributed by atoms with van der Waals surface area (Å²) >= 11 is 5.78. The summed E-state index contributed by atoms with van der Waals surface area (Å²) in [5.74, 6) is -1.74.